The van der Waals surface area contributed by atoms with E-state index in [-0.39, 0.29) is 0 Å². The Kier molecular flexibility index (Phi) is 4.58. The average Bonchev–Trinajstić information content (AvgIpc) is 3.19. The Bertz CT molecular complexity index is 472. The van der Waals surface area contributed by atoms with Crippen LogP contribution < -0.4 is 15.5 Å². The van der Waals surface area contributed by atoms with Gasteiger partial charge in [-0.2, -0.15) is 0 Å². The van der Waals surface area contributed by atoms with Crippen molar-refractivity contribution in [3.05, 3.63) is 23.9 Å². The van der Waals surface area contributed by atoms with Crippen LogP contribution in [0.3, 0.4) is 0 Å². The predicted molar refractivity (Wildman–Crippen MR) is 86.6 cm³/mol. The summed E-state index contributed by atoms with van der Waals surface area (Å²) in [7, 11) is 1.82. The SMILES string of the molecule is CN=C(NCc1ccc(N2CCCC2)nc1)NCC1CC1. The zero-order chi connectivity index (χ0) is 14.5. The van der Waals surface area contributed by atoms with Crippen molar-refractivity contribution < 1.29 is 0 Å². The van der Waals surface area contributed by atoms with E-state index in [0.29, 0.717) is 0 Å². The number of guanidine groups is 1. The van der Waals surface area contributed by atoms with E-state index in [2.05, 4.69) is 37.6 Å². The van der Waals surface area contributed by atoms with E-state index in [9.17, 15) is 0 Å². The normalized spacial score (nSPS) is 18.9. The van der Waals surface area contributed by atoms with Gasteiger partial charge in [0.2, 0.25) is 0 Å². The Morgan fingerprint density at radius 3 is 2.71 bits per heavy atom. The molecule has 1 aromatic rings. The van der Waals surface area contributed by atoms with Gasteiger partial charge in [-0.05, 0) is 43.2 Å². The van der Waals surface area contributed by atoms with Gasteiger partial charge in [0.1, 0.15) is 5.82 Å². The first-order valence-corrected chi connectivity index (χ1v) is 7.99. The van der Waals surface area contributed by atoms with Crippen LogP contribution in [0, 0.1) is 5.92 Å². The molecule has 1 saturated heterocycles. The highest BCUT2D eigenvalue weighted by Crippen LogP contribution is 2.27. The molecule has 114 valence electrons. The van der Waals surface area contributed by atoms with E-state index in [0.717, 1.165) is 43.9 Å². The third-order valence-corrected chi connectivity index (χ3v) is 4.18. The van der Waals surface area contributed by atoms with Gasteiger partial charge in [0.15, 0.2) is 5.96 Å². The molecular formula is C16H25N5. The summed E-state index contributed by atoms with van der Waals surface area (Å²) >= 11 is 0. The number of nitrogens with one attached hydrogen (secondary N) is 2. The summed E-state index contributed by atoms with van der Waals surface area (Å²) in [4.78, 5) is 11.2. The van der Waals surface area contributed by atoms with Crippen LogP contribution in [0.2, 0.25) is 0 Å². The van der Waals surface area contributed by atoms with Crippen LogP contribution in [0.25, 0.3) is 0 Å². The summed E-state index contributed by atoms with van der Waals surface area (Å²) in [5.74, 6) is 2.84. The molecule has 1 aromatic heterocycles. The first kappa shape index (κ1) is 14.2. The lowest BCUT2D eigenvalue weighted by Gasteiger charge is -2.16. The molecule has 1 aliphatic carbocycles. The molecule has 0 amide bonds. The van der Waals surface area contributed by atoms with Crippen LogP contribution in [0.15, 0.2) is 23.3 Å². The molecule has 2 N–H and O–H groups in total. The maximum absolute atomic E-state index is 4.57. The van der Waals surface area contributed by atoms with Crippen molar-refractivity contribution >= 4 is 11.8 Å². The second kappa shape index (κ2) is 6.78. The standard InChI is InChI=1S/C16H25N5/c1-17-16(19-10-13-4-5-13)20-12-14-6-7-15(18-11-14)21-8-2-3-9-21/h6-7,11,13H,2-5,8-10,12H2,1H3,(H2,17,19,20). The third-order valence-electron chi connectivity index (χ3n) is 4.18. The molecule has 1 saturated carbocycles. The van der Waals surface area contributed by atoms with E-state index in [4.69, 9.17) is 0 Å². The van der Waals surface area contributed by atoms with Gasteiger partial charge in [-0.3, -0.25) is 4.99 Å². The molecule has 5 nitrogen and oxygen atoms in total. The van der Waals surface area contributed by atoms with Crippen molar-refractivity contribution in [1.82, 2.24) is 15.6 Å². The molecular weight excluding hydrogens is 262 g/mol. The quantitative estimate of drug-likeness (QED) is 0.640. The second-order valence-electron chi connectivity index (χ2n) is 5.97. The molecule has 1 aliphatic heterocycles. The highest BCUT2D eigenvalue weighted by molar-refractivity contribution is 5.79. The van der Waals surface area contributed by atoms with Crippen molar-refractivity contribution in [2.75, 3.05) is 31.6 Å². The second-order valence-corrected chi connectivity index (χ2v) is 5.97. The summed E-state index contributed by atoms with van der Waals surface area (Å²) in [6.45, 7) is 4.08. The number of pyridine rings is 1. The Morgan fingerprint density at radius 2 is 2.10 bits per heavy atom. The van der Waals surface area contributed by atoms with E-state index in [1.54, 1.807) is 0 Å². The van der Waals surface area contributed by atoms with Crippen LogP contribution >= 0.6 is 0 Å². The zero-order valence-electron chi connectivity index (χ0n) is 12.8. The molecule has 0 bridgehead atoms. The molecule has 2 aliphatic rings. The molecule has 2 fully saturated rings. The van der Waals surface area contributed by atoms with Crippen LogP contribution in [0.5, 0.6) is 0 Å². The highest BCUT2D eigenvalue weighted by Gasteiger charge is 2.21. The van der Waals surface area contributed by atoms with Gasteiger partial charge in [-0.15, -0.1) is 0 Å². The fourth-order valence-electron chi connectivity index (χ4n) is 2.62. The fraction of sp³-hybridized carbons (Fsp3) is 0.625. The minimum absolute atomic E-state index is 0.762. The van der Waals surface area contributed by atoms with Crippen LogP contribution in [0.4, 0.5) is 5.82 Å². The molecule has 0 spiro atoms. The van der Waals surface area contributed by atoms with Gasteiger partial charge < -0.3 is 15.5 Å². The van der Waals surface area contributed by atoms with Gasteiger partial charge in [-0.1, -0.05) is 6.07 Å². The summed E-state index contributed by atoms with van der Waals surface area (Å²) < 4.78 is 0. The molecule has 0 aromatic carbocycles. The Labute approximate surface area is 126 Å². The monoisotopic (exact) mass is 287 g/mol. The zero-order valence-corrected chi connectivity index (χ0v) is 12.8. The van der Waals surface area contributed by atoms with Crippen molar-refractivity contribution in [3.8, 4) is 0 Å². The summed E-state index contributed by atoms with van der Waals surface area (Å²) in [6, 6.07) is 4.28. The molecule has 0 unspecified atom stereocenters. The minimum Gasteiger partial charge on any atom is -0.357 e. The lowest BCUT2D eigenvalue weighted by atomic mass is 10.3. The first-order valence-electron chi connectivity index (χ1n) is 7.99. The first-order chi connectivity index (χ1) is 10.3. The fourth-order valence-corrected chi connectivity index (χ4v) is 2.62. The molecule has 2 heterocycles. The van der Waals surface area contributed by atoms with Gasteiger partial charge in [0, 0.05) is 39.4 Å². The van der Waals surface area contributed by atoms with E-state index in [1.807, 2.05) is 13.2 Å². The number of aliphatic imine (C=N–C) groups is 1. The molecule has 0 atom stereocenters. The van der Waals surface area contributed by atoms with Gasteiger partial charge in [0.05, 0.1) is 0 Å². The van der Waals surface area contributed by atoms with E-state index >= 15 is 0 Å². The largest absolute Gasteiger partial charge is 0.357 e. The summed E-state index contributed by atoms with van der Waals surface area (Å²) in [5, 5.41) is 6.71. The van der Waals surface area contributed by atoms with Crippen molar-refractivity contribution in [3.63, 3.8) is 0 Å². The van der Waals surface area contributed by atoms with Crippen molar-refractivity contribution in [1.29, 1.82) is 0 Å². The van der Waals surface area contributed by atoms with Crippen LogP contribution in [-0.2, 0) is 6.54 Å². The topological polar surface area (TPSA) is 52.6 Å². The number of rotatable bonds is 5. The maximum Gasteiger partial charge on any atom is 0.191 e. The maximum atomic E-state index is 4.57. The number of hydrogen-bond acceptors (Lipinski definition) is 3. The van der Waals surface area contributed by atoms with Crippen LogP contribution in [0.1, 0.15) is 31.2 Å². The van der Waals surface area contributed by atoms with Crippen molar-refractivity contribution in [2.24, 2.45) is 10.9 Å². The smallest absolute Gasteiger partial charge is 0.191 e. The minimum atomic E-state index is 0.762. The van der Waals surface area contributed by atoms with E-state index < -0.39 is 0 Å². The number of hydrogen-bond donors (Lipinski definition) is 2. The molecule has 5 heteroatoms. The lowest BCUT2D eigenvalue weighted by molar-refractivity contribution is 0.737. The average molecular weight is 287 g/mol. The summed E-state index contributed by atoms with van der Waals surface area (Å²) in [5.41, 5.74) is 1.19. The number of anilines is 1. The number of aromatic nitrogens is 1. The molecule has 0 radical (unpaired) electrons. The van der Waals surface area contributed by atoms with Crippen molar-refractivity contribution in [2.45, 2.75) is 32.2 Å². The Balaban J connectivity index is 1.47. The van der Waals surface area contributed by atoms with Gasteiger partial charge in [0.25, 0.3) is 0 Å². The molecule has 3 rings (SSSR count). The molecule has 21 heavy (non-hydrogen) atoms. The Hall–Kier alpha value is -1.78. The lowest BCUT2D eigenvalue weighted by Crippen LogP contribution is -2.37. The highest BCUT2D eigenvalue weighted by atomic mass is 15.2. The predicted octanol–water partition coefficient (Wildman–Crippen LogP) is 1.76. The van der Waals surface area contributed by atoms with Crippen LogP contribution in [-0.4, -0.2) is 37.6 Å². The van der Waals surface area contributed by atoms with Gasteiger partial charge >= 0.3 is 0 Å². The van der Waals surface area contributed by atoms with E-state index in [1.165, 1.54) is 31.2 Å². The van der Waals surface area contributed by atoms with Gasteiger partial charge in [-0.25, -0.2) is 4.98 Å². The third kappa shape index (κ3) is 4.09. The summed E-state index contributed by atoms with van der Waals surface area (Å²) in [6.07, 6.45) is 7.24. The number of nitrogens with zero attached hydrogens (tertiary/aromatic N) is 3. The Morgan fingerprint density at radius 1 is 1.29 bits per heavy atom.